The topological polar surface area (TPSA) is 100 Å². The average molecular weight is 338 g/mol. The van der Waals surface area contributed by atoms with Crippen LogP contribution in [0.4, 0.5) is 16.2 Å². The molecule has 0 saturated carbocycles. The fourth-order valence-corrected chi connectivity index (χ4v) is 2.65. The Kier molecular flexibility index (Phi) is 4.65. The third-order valence-corrected chi connectivity index (χ3v) is 3.94. The zero-order valence-corrected chi connectivity index (χ0v) is 13.7. The summed E-state index contributed by atoms with van der Waals surface area (Å²) in [6, 6.07) is 11.6. The SMILES string of the molecule is Cc1ccc2[nH]cc(CCNC(=O)Nc3ccc([N+](=O)[O-])cc3)c2c1. The standard InChI is InChI=1S/C18H18N4O3/c1-12-2-7-17-16(10-12)13(11-20-17)8-9-19-18(23)21-14-3-5-15(6-4-14)22(24)25/h2-7,10-11,20H,8-9H2,1H3,(H2,19,21,23). The fourth-order valence-electron chi connectivity index (χ4n) is 2.65. The molecule has 1 aromatic heterocycles. The van der Waals surface area contributed by atoms with Gasteiger partial charge in [-0.15, -0.1) is 0 Å². The number of benzene rings is 2. The molecule has 0 radical (unpaired) electrons. The Labute approximate surface area is 144 Å². The van der Waals surface area contributed by atoms with E-state index in [1.165, 1.54) is 29.8 Å². The van der Waals surface area contributed by atoms with Gasteiger partial charge >= 0.3 is 6.03 Å². The van der Waals surface area contributed by atoms with Crippen molar-refractivity contribution in [3.8, 4) is 0 Å². The number of carbonyl (C=O) groups excluding carboxylic acids is 1. The molecule has 2 amide bonds. The van der Waals surface area contributed by atoms with Gasteiger partial charge in [-0.05, 0) is 43.2 Å². The first-order valence-electron chi connectivity index (χ1n) is 7.89. The number of aromatic amines is 1. The van der Waals surface area contributed by atoms with Gasteiger partial charge in [0.15, 0.2) is 0 Å². The average Bonchev–Trinajstić information content (AvgIpc) is 2.97. The van der Waals surface area contributed by atoms with Gasteiger partial charge in [-0.25, -0.2) is 4.79 Å². The van der Waals surface area contributed by atoms with Crippen LogP contribution in [0.25, 0.3) is 10.9 Å². The minimum absolute atomic E-state index is 0.0133. The van der Waals surface area contributed by atoms with Gasteiger partial charge in [-0.3, -0.25) is 10.1 Å². The minimum Gasteiger partial charge on any atom is -0.361 e. The van der Waals surface area contributed by atoms with Crippen LogP contribution in [0, 0.1) is 17.0 Å². The van der Waals surface area contributed by atoms with Crippen molar-refractivity contribution in [3.05, 3.63) is 69.9 Å². The number of anilines is 1. The van der Waals surface area contributed by atoms with Crippen molar-refractivity contribution < 1.29 is 9.72 Å². The Morgan fingerprint density at radius 1 is 1.20 bits per heavy atom. The molecule has 0 atom stereocenters. The Morgan fingerprint density at radius 3 is 2.68 bits per heavy atom. The Bertz CT molecular complexity index is 916. The number of aryl methyl sites for hydroxylation is 1. The third kappa shape index (κ3) is 3.95. The van der Waals surface area contributed by atoms with Crippen LogP contribution >= 0.6 is 0 Å². The van der Waals surface area contributed by atoms with E-state index in [1.807, 2.05) is 19.2 Å². The van der Waals surface area contributed by atoms with Crippen LogP contribution in [0.2, 0.25) is 0 Å². The molecule has 3 aromatic rings. The summed E-state index contributed by atoms with van der Waals surface area (Å²) in [4.78, 5) is 25.3. The van der Waals surface area contributed by atoms with Crippen molar-refractivity contribution in [2.24, 2.45) is 0 Å². The highest BCUT2D eigenvalue weighted by Gasteiger charge is 2.07. The van der Waals surface area contributed by atoms with Crippen molar-refractivity contribution in [1.29, 1.82) is 0 Å². The summed E-state index contributed by atoms with van der Waals surface area (Å²) in [5, 5.41) is 17.2. The Balaban J connectivity index is 1.53. The molecule has 0 unspecified atom stereocenters. The van der Waals surface area contributed by atoms with Gasteiger partial charge in [0.2, 0.25) is 0 Å². The number of hydrogen-bond acceptors (Lipinski definition) is 3. The van der Waals surface area contributed by atoms with Crippen LogP contribution < -0.4 is 10.6 Å². The summed E-state index contributed by atoms with van der Waals surface area (Å²) in [7, 11) is 0. The first-order valence-corrected chi connectivity index (χ1v) is 7.89. The molecule has 0 spiro atoms. The summed E-state index contributed by atoms with van der Waals surface area (Å²) < 4.78 is 0. The lowest BCUT2D eigenvalue weighted by Crippen LogP contribution is -2.30. The Hall–Kier alpha value is -3.35. The summed E-state index contributed by atoms with van der Waals surface area (Å²) >= 11 is 0. The van der Waals surface area contributed by atoms with Crippen LogP contribution in [0.5, 0.6) is 0 Å². The minimum atomic E-state index is -0.479. The van der Waals surface area contributed by atoms with E-state index < -0.39 is 4.92 Å². The summed E-state index contributed by atoms with van der Waals surface area (Å²) in [5.41, 5.74) is 3.91. The number of H-pyrrole nitrogens is 1. The smallest absolute Gasteiger partial charge is 0.319 e. The number of aromatic nitrogens is 1. The molecule has 2 aromatic carbocycles. The maximum atomic E-state index is 11.9. The molecule has 0 fully saturated rings. The number of hydrogen-bond donors (Lipinski definition) is 3. The van der Waals surface area contributed by atoms with Gasteiger partial charge in [0, 0.05) is 41.5 Å². The first-order chi connectivity index (χ1) is 12.0. The van der Waals surface area contributed by atoms with Gasteiger partial charge < -0.3 is 15.6 Å². The van der Waals surface area contributed by atoms with Gasteiger partial charge in [-0.1, -0.05) is 11.6 Å². The molecule has 0 bridgehead atoms. The van der Waals surface area contributed by atoms with E-state index in [2.05, 4.69) is 27.8 Å². The normalized spacial score (nSPS) is 10.6. The second-order valence-corrected chi connectivity index (χ2v) is 5.80. The van der Waals surface area contributed by atoms with Crippen molar-refractivity contribution in [2.45, 2.75) is 13.3 Å². The number of nitrogens with zero attached hydrogens (tertiary/aromatic N) is 1. The molecule has 3 rings (SSSR count). The molecule has 0 saturated heterocycles. The van der Waals surface area contributed by atoms with Crippen LogP contribution in [-0.4, -0.2) is 22.5 Å². The monoisotopic (exact) mass is 338 g/mol. The van der Waals surface area contributed by atoms with E-state index in [1.54, 1.807) is 0 Å². The number of nitrogens with one attached hydrogen (secondary N) is 3. The van der Waals surface area contributed by atoms with Crippen LogP contribution in [-0.2, 0) is 6.42 Å². The second kappa shape index (κ2) is 7.04. The second-order valence-electron chi connectivity index (χ2n) is 5.80. The Morgan fingerprint density at radius 2 is 1.96 bits per heavy atom. The van der Waals surface area contributed by atoms with Gasteiger partial charge in [0.25, 0.3) is 5.69 Å². The van der Waals surface area contributed by atoms with Crippen LogP contribution in [0.1, 0.15) is 11.1 Å². The number of amides is 2. The lowest BCUT2D eigenvalue weighted by molar-refractivity contribution is -0.384. The van der Waals surface area contributed by atoms with Crippen LogP contribution in [0.3, 0.4) is 0 Å². The molecule has 128 valence electrons. The molecular formula is C18H18N4O3. The van der Waals surface area contributed by atoms with Crippen molar-refractivity contribution in [2.75, 3.05) is 11.9 Å². The number of nitro groups is 1. The largest absolute Gasteiger partial charge is 0.361 e. The van der Waals surface area contributed by atoms with Crippen molar-refractivity contribution in [1.82, 2.24) is 10.3 Å². The van der Waals surface area contributed by atoms with Gasteiger partial charge in [0.1, 0.15) is 0 Å². The first kappa shape index (κ1) is 16.5. The molecule has 0 aliphatic heterocycles. The number of urea groups is 1. The molecule has 1 heterocycles. The highest BCUT2D eigenvalue weighted by molar-refractivity contribution is 5.89. The lowest BCUT2D eigenvalue weighted by Gasteiger charge is -2.07. The molecule has 7 heteroatoms. The summed E-state index contributed by atoms with van der Waals surface area (Å²) in [6.45, 7) is 2.53. The number of carbonyl (C=O) groups is 1. The van der Waals surface area contributed by atoms with Crippen molar-refractivity contribution in [3.63, 3.8) is 0 Å². The van der Waals surface area contributed by atoms with Crippen molar-refractivity contribution >= 4 is 28.3 Å². The predicted molar refractivity (Wildman–Crippen MR) is 96.9 cm³/mol. The highest BCUT2D eigenvalue weighted by Crippen LogP contribution is 2.20. The molecule has 0 aliphatic carbocycles. The predicted octanol–water partition coefficient (Wildman–Crippen LogP) is 3.75. The fraction of sp³-hybridized carbons (Fsp3) is 0.167. The summed E-state index contributed by atoms with van der Waals surface area (Å²) in [5.74, 6) is 0. The van der Waals surface area contributed by atoms with E-state index in [9.17, 15) is 14.9 Å². The molecule has 3 N–H and O–H groups in total. The maximum absolute atomic E-state index is 11.9. The quantitative estimate of drug-likeness (QED) is 0.488. The number of non-ortho nitro benzene ring substituents is 1. The van der Waals surface area contributed by atoms with E-state index >= 15 is 0 Å². The lowest BCUT2D eigenvalue weighted by atomic mass is 10.1. The molecule has 25 heavy (non-hydrogen) atoms. The van der Waals surface area contributed by atoms with E-state index in [0.717, 1.165) is 16.5 Å². The van der Waals surface area contributed by atoms with Crippen LogP contribution in [0.15, 0.2) is 48.7 Å². The van der Waals surface area contributed by atoms with E-state index in [-0.39, 0.29) is 11.7 Å². The van der Waals surface area contributed by atoms with E-state index in [0.29, 0.717) is 18.7 Å². The highest BCUT2D eigenvalue weighted by atomic mass is 16.6. The molecular weight excluding hydrogens is 320 g/mol. The molecule has 7 nitrogen and oxygen atoms in total. The number of rotatable bonds is 5. The number of nitro benzene ring substituents is 1. The molecule has 0 aliphatic rings. The summed E-state index contributed by atoms with van der Waals surface area (Å²) in [6.07, 6.45) is 2.66. The number of fused-ring (bicyclic) bond motifs is 1. The zero-order valence-electron chi connectivity index (χ0n) is 13.7. The maximum Gasteiger partial charge on any atom is 0.319 e. The van der Waals surface area contributed by atoms with Gasteiger partial charge in [-0.2, -0.15) is 0 Å². The zero-order chi connectivity index (χ0) is 17.8. The third-order valence-electron chi connectivity index (χ3n) is 3.94. The van der Waals surface area contributed by atoms with E-state index in [4.69, 9.17) is 0 Å². The van der Waals surface area contributed by atoms with Gasteiger partial charge in [0.05, 0.1) is 4.92 Å².